The third-order valence-electron chi connectivity index (χ3n) is 5.94. The van der Waals surface area contributed by atoms with Gasteiger partial charge in [-0.25, -0.2) is 14.0 Å². The highest BCUT2D eigenvalue weighted by molar-refractivity contribution is 8.00. The van der Waals surface area contributed by atoms with Crippen molar-refractivity contribution in [1.29, 1.82) is 5.26 Å². The molecule has 5 heterocycles. The average Bonchev–Trinajstić information content (AvgIpc) is 3.52. The minimum atomic E-state index is -1.48. The number of nitrogens with one attached hydrogen (secondary N) is 1. The second-order valence-corrected chi connectivity index (χ2v) is 10.2. The van der Waals surface area contributed by atoms with Gasteiger partial charge in [-0.2, -0.15) is 5.26 Å². The number of thioether (sulfide) groups is 1. The van der Waals surface area contributed by atoms with E-state index in [1.54, 1.807) is 47.4 Å². The summed E-state index contributed by atoms with van der Waals surface area (Å²) >= 11 is 2.46. The molecule has 15 heteroatoms. The number of hydrogen-bond donors (Lipinski definition) is 2. The van der Waals surface area contributed by atoms with Crippen molar-refractivity contribution < 1.29 is 28.9 Å². The summed E-state index contributed by atoms with van der Waals surface area (Å²) in [6.45, 7) is 2.11. The summed E-state index contributed by atoms with van der Waals surface area (Å²) in [7, 11) is 0. The Bertz CT molecular complexity index is 1570. The van der Waals surface area contributed by atoms with E-state index in [1.807, 2.05) is 4.57 Å². The highest BCUT2D eigenvalue weighted by atomic mass is 32.2. The minimum absolute atomic E-state index is 0.139. The number of aliphatic carboxylic acids is 1. The maximum Gasteiger partial charge on any atom is 0.286 e. The summed E-state index contributed by atoms with van der Waals surface area (Å²) in [6.07, 6.45) is 5.19. The molecule has 0 saturated carbocycles. The van der Waals surface area contributed by atoms with Crippen molar-refractivity contribution in [1.82, 2.24) is 19.6 Å². The van der Waals surface area contributed by atoms with E-state index in [4.69, 9.17) is 15.8 Å². The molecule has 194 valence electrons. The van der Waals surface area contributed by atoms with Gasteiger partial charge in [-0.1, -0.05) is 5.16 Å². The van der Waals surface area contributed by atoms with Crippen LogP contribution in [-0.4, -0.2) is 61.6 Å². The van der Waals surface area contributed by atoms with E-state index in [0.29, 0.717) is 16.9 Å². The second-order valence-electron chi connectivity index (χ2n) is 8.25. The lowest BCUT2D eigenvalue weighted by atomic mass is 10.0. The van der Waals surface area contributed by atoms with Crippen molar-refractivity contribution in [2.75, 3.05) is 18.1 Å². The van der Waals surface area contributed by atoms with Crippen LogP contribution in [0.15, 0.2) is 52.5 Å². The number of nitriles is 1. The number of nitrogen functional groups attached to an aromatic ring is 1. The zero-order valence-electron chi connectivity index (χ0n) is 19.9. The number of fused-ring (bicyclic) bond motifs is 2. The number of nitrogens with zero attached hydrogens (tertiary/aromatic N) is 6. The number of carboxylic acids is 1. The third-order valence-corrected chi connectivity index (χ3v) is 7.95. The molecule has 2 atom stereocenters. The molecule has 1 saturated heterocycles. The van der Waals surface area contributed by atoms with Gasteiger partial charge in [-0.3, -0.25) is 14.5 Å². The number of pyridine rings is 1. The van der Waals surface area contributed by atoms with Crippen LogP contribution < -0.4 is 20.7 Å². The number of rotatable bonds is 8. The number of carbonyl (C=O) groups is 3. The third kappa shape index (κ3) is 4.44. The Labute approximate surface area is 223 Å². The molecule has 3 aromatic rings. The Morgan fingerprint density at radius 1 is 1.45 bits per heavy atom. The Morgan fingerprint density at radius 2 is 2.26 bits per heavy atom. The molecule has 1 fully saturated rings. The van der Waals surface area contributed by atoms with E-state index in [-0.39, 0.29) is 35.4 Å². The topological polar surface area (TPSA) is 182 Å². The largest absolute Gasteiger partial charge is 0.543 e. The number of thiazole rings is 1. The molecule has 0 radical (unpaired) electrons. The zero-order chi connectivity index (χ0) is 27.0. The Kier molecular flexibility index (Phi) is 6.74. The number of nitrogens with two attached hydrogens (primary N) is 1. The van der Waals surface area contributed by atoms with Crippen molar-refractivity contribution in [3.8, 4) is 6.07 Å². The molecule has 0 unspecified atom stereocenters. The lowest BCUT2D eigenvalue weighted by molar-refractivity contribution is -0.662. The molecule has 0 bridgehead atoms. The lowest BCUT2D eigenvalue weighted by Gasteiger charge is -2.50. The number of hydrogen-bond acceptors (Lipinski definition) is 11. The number of amides is 2. The summed E-state index contributed by atoms with van der Waals surface area (Å²) in [5.74, 6) is -2.45. The van der Waals surface area contributed by atoms with E-state index in [1.165, 1.54) is 11.8 Å². The van der Waals surface area contributed by atoms with Gasteiger partial charge in [0.2, 0.25) is 0 Å². The van der Waals surface area contributed by atoms with Crippen LogP contribution in [0.3, 0.4) is 0 Å². The first-order valence-corrected chi connectivity index (χ1v) is 13.3. The fourth-order valence-corrected chi connectivity index (χ4v) is 6.12. The van der Waals surface area contributed by atoms with Crippen molar-refractivity contribution in [3.63, 3.8) is 0 Å². The number of carboxylic acid groups (broad SMARTS) is 1. The average molecular weight is 553 g/mol. The van der Waals surface area contributed by atoms with Crippen LogP contribution in [0.2, 0.25) is 0 Å². The van der Waals surface area contributed by atoms with Crippen LogP contribution in [0.1, 0.15) is 18.2 Å². The van der Waals surface area contributed by atoms with Gasteiger partial charge in [-0.15, -0.1) is 23.1 Å². The van der Waals surface area contributed by atoms with Gasteiger partial charge in [-0.05, 0) is 13.0 Å². The maximum absolute atomic E-state index is 13.1. The molecule has 2 amide bonds. The Hall–Kier alpha value is -4.42. The molecule has 3 N–H and O–H groups in total. The van der Waals surface area contributed by atoms with Crippen molar-refractivity contribution in [3.05, 3.63) is 58.6 Å². The van der Waals surface area contributed by atoms with Gasteiger partial charge in [0.15, 0.2) is 10.8 Å². The van der Waals surface area contributed by atoms with Crippen LogP contribution in [0.5, 0.6) is 0 Å². The molecule has 0 aromatic carbocycles. The van der Waals surface area contributed by atoms with Crippen molar-refractivity contribution >= 4 is 57.4 Å². The standard InChI is InChI=1S/C23H20N8O5S2/c1-2-36-28-16(14-11-38-23(25)26-14)19(32)27-17-20(33)31-18(22(34)35)13(10-37-21(17)31)9-30-6-5-29-8-12(7-24)3-4-15(29)30/h3-6,8,11,17,21H,2,9-10H2,1H3,(H3-,25,26,27,32,34,35)/b28-16+/t17-,21-/m1/s1. The lowest BCUT2D eigenvalue weighted by Crippen LogP contribution is -2.71. The van der Waals surface area contributed by atoms with E-state index in [0.717, 1.165) is 21.9 Å². The molecule has 3 aromatic heterocycles. The number of anilines is 1. The van der Waals surface area contributed by atoms with Crippen LogP contribution in [0, 0.1) is 11.3 Å². The monoisotopic (exact) mass is 552 g/mol. The normalized spacial score (nSPS) is 19.1. The number of β-lactam (4-membered cyclic amide) rings is 1. The number of imidazole rings is 1. The van der Waals surface area contributed by atoms with E-state index >= 15 is 0 Å². The van der Waals surface area contributed by atoms with Gasteiger partial charge in [0.05, 0.1) is 17.2 Å². The zero-order valence-corrected chi connectivity index (χ0v) is 21.5. The molecular formula is C23H20N8O5S2. The predicted octanol–water partition coefficient (Wildman–Crippen LogP) is -1.02. The summed E-state index contributed by atoms with van der Waals surface area (Å²) in [4.78, 5) is 48.5. The first-order valence-electron chi connectivity index (χ1n) is 11.3. The molecular weight excluding hydrogens is 532 g/mol. The smallest absolute Gasteiger partial charge is 0.286 e. The van der Waals surface area contributed by atoms with Crippen LogP contribution in [-0.2, 0) is 25.8 Å². The minimum Gasteiger partial charge on any atom is -0.543 e. The van der Waals surface area contributed by atoms with Gasteiger partial charge in [0.25, 0.3) is 17.5 Å². The molecule has 13 nitrogen and oxygen atoms in total. The molecule has 5 rings (SSSR count). The fraction of sp³-hybridized carbons (Fsp3) is 0.261. The van der Waals surface area contributed by atoms with Gasteiger partial charge in [0, 0.05) is 22.8 Å². The number of carbonyl (C=O) groups excluding carboxylic acids is 3. The quantitative estimate of drug-likeness (QED) is 0.153. The molecule has 0 aliphatic carbocycles. The van der Waals surface area contributed by atoms with E-state index < -0.39 is 29.2 Å². The molecule has 0 spiro atoms. The van der Waals surface area contributed by atoms with E-state index in [9.17, 15) is 19.5 Å². The maximum atomic E-state index is 13.1. The van der Waals surface area contributed by atoms with Crippen molar-refractivity contribution in [2.45, 2.75) is 24.9 Å². The first-order chi connectivity index (χ1) is 18.3. The Balaban J connectivity index is 1.37. The number of aromatic nitrogens is 3. The summed E-state index contributed by atoms with van der Waals surface area (Å²) in [6, 6.07) is 4.53. The summed E-state index contributed by atoms with van der Waals surface area (Å²) < 4.78 is 3.58. The highest BCUT2D eigenvalue weighted by Gasteiger charge is 2.53. The van der Waals surface area contributed by atoms with E-state index in [2.05, 4.69) is 21.5 Å². The van der Waals surface area contributed by atoms with Gasteiger partial charge >= 0.3 is 0 Å². The molecule has 38 heavy (non-hydrogen) atoms. The Morgan fingerprint density at radius 3 is 2.95 bits per heavy atom. The summed E-state index contributed by atoms with van der Waals surface area (Å²) in [5.41, 5.74) is 7.25. The van der Waals surface area contributed by atoms with Gasteiger partial charge in [0.1, 0.15) is 54.9 Å². The number of oxime groups is 1. The SMILES string of the molecule is CCO/N=C(/C(=O)N[C@@H]1C(=O)N2C(C(=O)[O-])=C(C[n+]3ccn4cc(C#N)ccc43)CS[C@H]12)c1csc(N)n1. The fourth-order valence-electron chi connectivity index (χ4n) is 4.24. The van der Waals surface area contributed by atoms with Crippen molar-refractivity contribution in [2.24, 2.45) is 5.16 Å². The summed E-state index contributed by atoms with van der Waals surface area (Å²) in [5, 5.41) is 28.9. The van der Waals surface area contributed by atoms with Gasteiger partial charge < -0.3 is 25.8 Å². The second kappa shape index (κ2) is 10.1. The molecule has 2 aliphatic heterocycles. The van der Waals surface area contributed by atoms with Crippen LogP contribution >= 0.6 is 23.1 Å². The molecule has 2 aliphatic rings. The van der Waals surface area contributed by atoms with Crippen LogP contribution in [0.25, 0.3) is 5.65 Å². The predicted molar refractivity (Wildman–Crippen MR) is 134 cm³/mol. The highest BCUT2D eigenvalue weighted by Crippen LogP contribution is 2.40. The first kappa shape index (κ1) is 25.2. The van der Waals surface area contributed by atoms with Crippen LogP contribution in [0.4, 0.5) is 5.13 Å².